The highest BCUT2D eigenvalue weighted by Crippen LogP contribution is 2.18. The van der Waals surface area contributed by atoms with Crippen molar-refractivity contribution in [2.24, 2.45) is 0 Å². The summed E-state index contributed by atoms with van der Waals surface area (Å²) in [5, 5.41) is 0. The second-order valence-corrected chi connectivity index (χ2v) is 6.71. The minimum Gasteiger partial charge on any atom is -0.316 e. The molecule has 0 aliphatic carbocycles. The van der Waals surface area contributed by atoms with Crippen molar-refractivity contribution in [1.29, 1.82) is 0 Å². The van der Waals surface area contributed by atoms with E-state index < -0.39 is 0 Å². The van der Waals surface area contributed by atoms with Crippen molar-refractivity contribution in [2.45, 2.75) is 11.4 Å². The second kappa shape index (κ2) is 8.21. The lowest BCUT2D eigenvalue weighted by molar-refractivity contribution is 0.784. The zero-order valence-corrected chi connectivity index (χ0v) is 15.5. The van der Waals surface area contributed by atoms with Crippen LogP contribution in [0.25, 0.3) is 17.0 Å². The molecule has 132 valence electrons. The lowest BCUT2D eigenvalue weighted by Crippen LogP contribution is -2.14. The Hall–Kier alpha value is -2.57. The Balaban J connectivity index is 0.00000196. The predicted octanol–water partition coefficient (Wildman–Crippen LogP) is 3.77. The molecule has 3 aromatic heterocycles. The van der Waals surface area contributed by atoms with Gasteiger partial charge in [0.25, 0.3) is 5.56 Å². The van der Waals surface area contributed by atoms with E-state index in [0.29, 0.717) is 11.5 Å². The molecule has 0 atom stereocenters. The summed E-state index contributed by atoms with van der Waals surface area (Å²) in [6, 6.07) is 15.6. The molecular weight excluding hydrogens is 368 g/mol. The largest absolute Gasteiger partial charge is 0.316 e. The van der Waals surface area contributed by atoms with Gasteiger partial charge in [0.1, 0.15) is 0 Å². The monoisotopic (exact) mass is 384 g/mol. The molecule has 0 radical (unpaired) electrons. The van der Waals surface area contributed by atoms with Crippen LogP contribution in [0.4, 0.5) is 0 Å². The Morgan fingerprint density at radius 1 is 1.00 bits per heavy atom. The molecule has 0 aliphatic rings. The number of hydrogen-bond acceptors (Lipinski definition) is 4. The first kappa shape index (κ1) is 18.2. The number of benzene rings is 1. The van der Waals surface area contributed by atoms with Crippen LogP contribution in [0.3, 0.4) is 0 Å². The van der Waals surface area contributed by atoms with Crippen LogP contribution < -0.4 is 5.56 Å². The molecule has 1 aromatic carbocycles. The summed E-state index contributed by atoms with van der Waals surface area (Å²) < 4.78 is 3.60. The summed E-state index contributed by atoms with van der Waals surface area (Å²) in [7, 11) is 0. The lowest BCUT2D eigenvalue weighted by atomic mass is 10.2. The maximum absolute atomic E-state index is 12.4. The maximum Gasteiger partial charge on any atom is 0.259 e. The number of halogens is 1. The highest BCUT2D eigenvalue weighted by atomic mass is 35.5. The third kappa shape index (κ3) is 3.81. The summed E-state index contributed by atoms with van der Waals surface area (Å²) in [6.45, 7) is 0.780. The van der Waals surface area contributed by atoms with E-state index >= 15 is 0 Å². The average molecular weight is 385 g/mol. The first-order valence-corrected chi connectivity index (χ1v) is 8.96. The van der Waals surface area contributed by atoms with E-state index in [-0.39, 0.29) is 18.0 Å². The molecule has 3 heterocycles. The van der Waals surface area contributed by atoms with Gasteiger partial charge in [-0.25, -0.2) is 4.98 Å². The van der Waals surface area contributed by atoms with Gasteiger partial charge in [0.2, 0.25) is 5.78 Å². The fourth-order valence-electron chi connectivity index (χ4n) is 2.66. The average Bonchev–Trinajstić information content (AvgIpc) is 3.07. The lowest BCUT2D eigenvalue weighted by Gasteiger charge is -2.06. The van der Waals surface area contributed by atoms with E-state index in [0.717, 1.165) is 17.9 Å². The number of aromatic nitrogens is 4. The van der Waals surface area contributed by atoms with Crippen LogP contribution in [-0.4, -0.2) is 24.7 Å². The van der Waals surface area contributed by atoms with Crippen LogP contribution in [0, 0.1) is 0 Å². The molecule has 0 aliphatic heterocycles. The number of rotatable bonds is 5. The highest BCUT2D eigenvalue weighted by Gasteiger charge is 2.08. The van der Waals surface area contributed by atoms with Gasteiger partial charge in [-0.2, -0.15) is 0 Å². The molecule has 0 spiro atoms. The quantitative estimate of drug-likeness (QED) is 0.491. The third-order valence-electron chi connectivity index (χ3n) is 3.91. The van der Waals surface area contributed by atoms with Crippen molar-refractivity contribution in [3.63, 3.8) is 0 Å². The van der Waals surface area contributed by atoms with Crippen molar-refractivity contribution in [3.8, 4) is 11.3 Å². The molecule has 0 bridgehead atoms. The number of imidazole rings is 1. The SMILES string of the molecule is Cl.O=c1cc(-c2ccncc2)nc2n(CCSc3ccccc3)ccn12. The summed E-state index contributed by atoms with van der Waals surface area (Å²) in [5.41, 5.74) is 1.48. The Kier molecular flexibility index (Phi) is 5.75. The molecule has 0 N–H and O–H groups in total. The molecule has 5 nitrogen and oxygen atoms in total. The first-order valence-electron chi connectivity index (χ1n) is 7.98. The molecule has 0 unspecified atom stereocenters. The summed E-state index contributed by atoms with van der Waals surface area (Å²) >= 11 is 1.79. The Morgan fingerprint density at radius 3 is 2.54 bits per heavy atom. The van der Waals surface area contributed by atoms with Crippen LogP contribution in [0.1, 0.15) is 0 Å². The van der Waals surface area contributed by atoms with Gasteiger partial charge in [-0.1, -0.05) is 18.2 Å². The number of thioether (sulfide) groups is 1. The summed E-state index contributed by atoms with van der Waals surface area (Å²) in [4.78, 5) is 22.3. The van der Waals surface area contributed by atoms with E-state index in [9.17, 15) is 4.79 Å². The topological polar surface area (TPSA) is 52.2 Å². The number of pyridine rings is 1. The molecule has 0 saturated heterocycles. The Morgan fingerprint density at radius 2 is 1.77 bits per heavy atom. The minimum absolute atomic E-state index is 0. The summed E-state index contributed by atoms with van der Waals surface area (Å²) in [5.74, 6) is 1.57. The van der Waals surface area contributed by atoms with Crippen LogP contribution in [0.2, 0.25) is 0 Å². The van der Waals surface area contributed by atoms with Crippen molar-refractivity contribution in [2.75, 3.05) is 5.75 Å². The fraction of sp³-hybridized carbons (Fsp3) is 0.105. The van der Waals surface area contributed by atoms with Crippen LogP contribution >= 0.6 is 24.2 Å². The van der Waals surface area contributed by atoms with E-state index in [2.05, 4.69) is 22.1 Å². The molecular formula is C19H17ClN4OS. The minimum atomic E-state index is -0.0775. The number of aryl methyl sites for hydroxylation is 1. The van der Waals surface area contributed by atoms with Gasteiger partial charge in [-0.3, -0.25) is 14.2 Å². The number of nitrogens with zero attached hydrogens (tertiary/aromatic N) is 4. The highest BCUT2D eigenvalue weighted by molar-refractivity contribution is 7.99. The second-order valence-electron chi connectivity index (χ2n) is 5.54. The third-order valence-corrected chi connectivity index (χ3v) is 4.90. The molecule has 4 rings (SSSR count). The molecule has 7 heteroatoms. The Labute approximate surface area is 161 Å². The van der Waals surface area contributed by atoms with Gasteiger partial charge in [0.05, 0.1) is 5.69 Å². The fourth-order valence-corrected chi connectivity index (χ4v) is 3.53. The van der Waals surface area contributed by atoms with Crippen molar-refractivity contribution in [1.82, 2.24) is 18.9 Å². The van der Waals surface area contributed by atoms with E-state index in [1.54, 1.807) is 40.8 Å². The number of hydrogen-bond donors (Lipinski definition) is 0. The van der Waals surface area contributed by atoms with Crippen molar-refractivity contribution >= 4 is 29.9 Å². The van der Waals surface area contributed by atoms with Gasteiger partial charge >= 0.3 is 0 Å². The Bertz CT molecular complexity index is 1050. The molecule has 0 amide bonds. The van der Waals surface area contributed by atoms with E-state index in [1.165, 1.54) is 4.90 Å². The van der Waals surface area contributed by atoms with Gasteiger partial charge in [-0.15, -0.1) is 24.2 Å². The van der Waals surface area contributed by atoms with E-state index in [1.807, 2.05) is 41.1 Å². The molecule has 0 fully saturated rings. The molecule has 4 aromatic rings. The van der Waals surface area contributed by atoms with Gasteiger partial charge in [0.15, 0.2) is 0 Å². The smallest absolute Gasteiger partial charge is 0.259 e. The van der Waals surface area contributed by atoms with Gasteiger partial charge < -0.3 is 4.57 Å². The van der Waals surface area contributed by atoms with Crippen molar-refractivity contribution < 1.29 is 0 Å². The van der Waals surface area contributed by atoms with Crippen LogP contribution in [0.15, 0.2) is 83.0 Å². The molecule has 26 heavy (non-hydrogen) atoms. The zero-order chi connectivity index (χ0) is 17.1. The van der Waals surface area contributed by atoms with Gasteiger partial charge in [0, 0.05) is 53.6 Å². The van der Waals surface area contributed by atoms with E-state index in [4.69, 9.17) is 0 Å². The number of fused-ring (bicyclic) bond motifs is 1. The maximum atomic E-state index is 12.4. The normalized spacial score (nSPS) is 10.6. The standard InChI is InChI=1S/C19H16N4OS.ClH/c24-18-14-17(15-6-8-20-9-7-15)21-19-22(10-11-23(18)19)12-13-25-16-4-2-1-3-5-16;/h1-11,14H,12-13H2;1H. The predicted molar refractivity (Wildman–Crippen MR) is 107 cm³/mol. The van der Waals surface area contributed by atoms with Gasteiger partial charge in [-0.05, 0) is 24.3 Å². The summed E-state index contributed by atoms with van der Waals surface area (Å²) in [6.07, 6.45) is 7.09. The first-order chi connectivity index (χ1) is 12.3. The molecule has 0 saturated carbocycles. The van der Waals surface area contributed by atoms with Crippen molar-refractivity contribution in [3.05, 3.63) is 83.7 Å². The van der Waals surface area contributed by atoms with Crippen LogP contribution in [-0.2, 0) is 6.54 Å². The van der Waals surface area contributed by atoms with Crippen LogP contribution in [0.5, 0.6) is 0 Å². The zero-order valence-electron chi connectivity index (χ0n) is 13.9.